The van der Waals surface area contributed by atoms with E-state index in [1.165, 1.54) is 11.1 Å². The number of carbonyl (C=O) groups is 1. The number of quaternary nitrogens is 2. The Labute approximate surface area is 161 Å². The number of aryl methyl sites for hydroxylation is 1. The van der Waals surface area contributed by atoms with Gasteiger partial charge in [0.05, 0.1) is 26.3 Å². The lowest BCUT2D eigenvalue weighted by Crippen LogP contribution is -3.27. The molecule has 1 aliphatic heterocycles. The molecule has 0 saturated carbocycles. The van der Waals surface area contributed by atoms with Gasteiger partial charge in [0.2, 0.25) is 0 Å². The maximum atomic E-state index is 12.7. The van der Waals surface area contributed by atoms with Crippen LogP contribution in [0.1, 0.15) is 27.5 Å². The molecule has 1 amide bonds. The van der Waals surface area contributed by atoms with Gasteiger partial charge >= 0.3 is 0 Å². The van der Waals surface area contributed by atoms with Gasteiger partial charge in [-0.2, -0.15) is 0 Å². The van der Waals surface area contributed by atoms with Crippen molar-refractivity contribution in [2.75, 3.05) is 46.9 Å². The van der Waals surface area contributed by atoms with Gasteiger partial charge in [-0.05, 0) is 19.1 Å². The highest BCUT2D eigenvalue weighted by molar-refractivity contribution is 5.96. The zero-order valence-electron chi connectivity index (χ0n) is 16.5. The minimum Gasteiger partial charge on any atom is -0.496 e. The lowest BCUT2D eigenvalue weighted by molar-refractivity contribution is -1.02. The molecule has 27 heavy (non-hydrogen) atoms. The van der Waals surface area contributed by atoms with Gasteiger partial charge in [0, 0.05) is 5.56 Å². The summed E-state index contributed by atoms with van der Waals surface area (Å²) < 4.78 is 5.33. The number of benzene rings is 2. The average molecular weight is 370 g/mol. The lowest BCUT2D eigenvalue weighted by Gasteiger charge is -2.33. The summed E-state index contributed by atoms with van der Waals surface area (Å²) in [5, 5.41) is 3.15. The van der Waals surface area contributed by atoms with Crippen molar-refractivity contribution in [2.45, 2.75) is 13.0 Å². The summed E-state index contributed by atoms with van der Waals surface area (Å²) >= 11 is 0. The third-order valence-corrected chi connectivity index (χ3v) is 5.54. The highest BCUT2D eigenvalue weighted by Gasteiger charge is 2.29. The predicted octanol–water partition coefficient (Wildman–Crippen LogP) is -0.112. The van der Waals surface area contributed by atoms with Crippen LogP contribution in [-0.2, 0) is 0 Å². The zero-order chi connectivity index (χ0) is 19.2. The van der Waals surface area contributed by atoms with E-state index in [1.807, 2.05) is 18.2 Å². The molecule has 0 spiro atoms. The molecule has 3 N–H and O–H groups in total. The maximum Gasteiger partial charge on any atom is 0.255 e. The number of para-hydroxylation sites is 1. The van der Waals surface area contributed by atoms with Crippen molar-refractivity contribution in [3.05, 3.63) is 65.2 Å². The van der Waals surface area contributed by atoms with Crippen molar-refractivity contribution in [1.82, 2.24) is 5.32 Å². The van der Waals surface area contributed by atoms with Crippen LogP contribution < -0.4 is 19.9 Å². The van der Waals surface area contributed by atoms with Gasteiger partial charge < -0.3 is 19.9 Å². The summed E-state index contributed by atoms with van der Waals surface area (Å²) in [4.78, 5) is 15.9. The van der Waals surface area contributed by atoms with Gasteiger partial charge in [-0.1, -0.05) is 42.0 Å². The number of likely N-dealkylation sites (N-methyl/N-ethyl adjacent to an activating group) is 1. The Kier molecular flexibility index (Phi) is 6.48. The van der Waals surface area contributed by atoms with Crippen molar-refractivity contribution >= 4 is 5.91 Å². The third kappa shape index (κ3) is 4.87. The molecule has 1 atom stereocenters. The number of hydrogen-bond donors (Lipinski definition) is 3. The van der Waals surface area contributed by atoms with Gasteiger partial charge in [0.1, 0.15) is 38.0 Å². The SMILES string of the molecule is COc1ccccc1C(=O)NC[C@@H](c1ccc(C)cc1)[NH+]1CC[NH+](C)CC1. The maximum absolute atomic E-state index is 12.7. The molecule has 0 aromatic heterocycles. The molecule has 0 unspecified atom stereocenters. The number of rotatable bonds is 6. The molecule has 2 aromatic rings. The second-order valence-electron chi connectivity index (χ2n) is 7.49. The van der Waals surface area contributed by atoms with E-state index in [-0.39, 0.29) is 11.9 Å². The van der Waals surface area contributed by atoms with E-state index in [4.69, 9.17) is 4.74 Å². The van der Waals surface area contributed by atoms with Crippen molar-refractivity contribution in [3.63, 3.8) is 0 Å². The number of nitrogens with one attached hydrogen (secondary N) is 3. The van der Waals surface area contributed by atoms with Crippen LogP contribution in [0.25, 0.3) is 0 Å². The summed E-state index contributed by atoms with van der Waals surface area (Å²) in [6, 6.07) is 16.3. The molecule has 5 nitrogen and oxygen atoms in total. The lowest BCUT2D eigenvalue weighted by atomic mass is 10.0. The van der Waals surface area contributed by atoms with Gasteiger partial charge in [0.25, 0.3) is 5.91 Å². The molecule has 5 heteroatoms. The summed E-state index contributed by atoms with van der Waals surface area (Å²) in [7, 11) is 3.85. The minimum atomic E-state index is -0.0799. The van der Waals surface area contributed by atoms with Gasteiger partial charge in [-0.25, -0.2) is 0 Å². The fourth-order valence-electron chi connectivity index (χ4n) is 3.77. The third-order valence-electron chi connectivity index (χ3n) is 5.54. The number of hydrogen-bond acceptors (Lipinski definition) is 2. The first kappa shape index (κ1) is 19.4. The first-order valence-corrected chi connectivity index (χ1v) is 9.72. The molecular weight excluding hydrogens is 338 g/mol. The van der Waals surface area contributed by atoms with E-state index >= 15 is 0 Å². The number of amides is 1. The van der Waals surface area contributed by atoms with Crippen molar-refractivity contribution in [2.24, 2.45) is 0 Å². The van der Waals surface area contributed by atoms with Crippen molar-refractivity contribution < 1.29 is 19.3 Å². The second kappa shape index (κ2) is 9.02. The summed E-state index contributed by atoms with van der Waals surface area (Å²) in [5.74, 6) is 0.529. The number of ether oxygens (including phenoxy) is 1. The molecule has 1 heterocycles. The normalized spacial score (nSPS) is 20.7. The van der Waals surface area contributed by atoms with Crippen LogP contribution in [0.5, 0.6) is 5.75 Å². The molecule has 3 rings (SSSR count). The highest BCUT2D eigenvalue weighted by Crippen LogP contribution is 2.17. The summed E-state index contributed by atoms with van der Waals surface area (Å²) in [5.41, 5.74) is 3.13. The van der Waals surface area contributed by atoms with E-state index in [0.717, 1.165) is 26.2 Å². The molecule has 0 bridgehead atoms. The Morgan fingerprint density at radius 1 is 1.07 bits per heavy atom. The van der Waals surface area contributed by atoms with E-state index in [9.17, 15) is 4.79 Å². The fraction of sp³-hybridized carbons (Fsp3) is 0.409. The Hall–Kier alpha value is -2.37. The number of piperazine rings is 1. The molecule has 1 fully saturated rings. The molecule has 144 valence electrons. The van der Waals surface area contributed by atoms with E-state index < -0.39 is 0 Å². The minimum absolute atomic E-state index is 0.0799. The summed E-state index contributed by atoms with van der Waals surface area (Å²) in [6.45, 7) is 7.29. The average Bonchev–Trinajstić information content (AvgIpc) is 2.70. The number of carbonyl (C=O) groups excluding carboxylic acids is 1. The molecule has 1 saturated heterocycles. The Bertz CT molecular complexity index is 752. The van der Waals surface area contributed by atoms with E-state index in [0.29, 0.717) is 17.9 Å². The largest absolute Gasteiger partial charge is 0.496 e. The molecule has 1 aliphatic rings. The topological polar surface area (TPSA) is 47.2 Å². The van der Waals surface area contributed by atoms with Crippen molar-refractivity contribution in [1.29, 1.82) is 0 Å². The van der Waals surface area contributed by atoms with Gasteiger partial charge in [-0.3, -0.25) is 4.79 Å². The zero-order valence-corrected chi connectivity index (χ0v) is 16.5. The fourth-order valence-corrected chi connectivity index (χ4v) is 3.77. The van der Waals surface area contributed by atoms with Crippen LogP contribution in [0, 0.1) is 6.92 Å². The van der Waals surface area contributed by atoms with Crippen LogP contribution in [0.3, 0.4) is 0 Å². The second-order valence-corrected chi connectivity index (χ2v) is 7.49. The molecular formula is C22H31N3O2+2. The Balaban J connectivity index is 1.75. The Morgan fingerprint density at radius 2 is 1.74 bits per heavy atom. The summed E-state index contributed by atoms with van der Waals surface area (Å²) in [6.07, 6.45) is 0. The standard InChI is InChI=1S/C22H29N3O2/c1-17-8-10-18(11-9-17)20(25-14-12-24(2)13-15-25)16-23-22(26)19-6-4-5-7-21(19)27-3/h4-11,20H,12-16H2,1-3H3,(H,23,26)/p+2/t20-/m0/s1. The first-order valence-electron chi connectivity index (χ1n) is 9.72. The highest BCUT2D eigenvalue weighted by atomic mass is 16.5. The smallest absolute Gasteiger partial charge is 0.255 e. The van der Waals surface area contributed by atoms with E-state index in [2.05, 4.69) is 43.6 Å². The Morgan fingerprint density at radius 3 is 2.41 bits per heavy atom. The van der Waals surface area contributed by atoms with Crippen LogP contribution >= 0.6 is 0 Å². The molecule has 0 radical (unpaired) electrons. The van der Waals surface area contributed by atoms with Crippen molar-refractivity contribution in [3.8, 4) is 5.75 Å². The van der Waals surface area contributed by atoms with Crippen LogP contribution in [0.4, 0.5) is 0 Å². The first-order chi connectivity index (χ1) is 13.1. The van der Waals surface area contributed by atoms with E-state index in [1.54, 1.807) is 23.0 Å². The van der Waals surface area contributed by atoms with Gasteiger partial charge in [-0.15, -0.1) is 0 Å². The quantitative estimate of drug-likeness (QED) is 0.665. The van der Waals surface area contributed by atoms with Crippen LogP contribution in [0.2, 0.25) is 0 Å². The van der Waals surface area contributed by atoms with Crippen LogP contribution in [0.15, 0.2) is 48.5 Å². The number of methoxy groups -OCH3 is 1. The molecule has 0 aliphatic carbocycles. The van der Waals surface area contributed by atoms with Crippen LogP contribution in [-0.4, -0.2) is 52.8 Å². The monoisotopic (exact) mass is 369 g/mol. The predicted molar refractivity (Wildman–Crippen MR) is 107 cm³/mol. The molecule has 2 aromatic carbocycles. The van der Waals surface area contributed by atoms with Gasteiger partial charge in [0.15, 0.2) is 0 Å².